The molecule has 29 heavy (non-hydrogen) atoms. The molecule has 3 rings (SSSR count). The molecule has 2 aromatic rings. The van der Waals surface area contributed by atoms with E-state index in [2.05, 4.69) is 18.8 Å². The van der Waals surface area contributed by atoms with E-state index in [-0.39, 0.29) is 20.0 Å². The van der Waals surface area contributed by atoms with E-state index in [0.717, 1.165) is 23.3 Å². The second-order valence-electron chi connectivity index (χ2n) is 8.08. The topological polar surface area (TPSA) is 84.4 Å². The third-order valence-electron chi connectivity index (χ3n) is 5.04. The molecule has 0 N–H and O–H groups in total. The highest BCUT2D eigenvalue weighted by Gasteiger charge is 2.34. The molecule has 160 valence electrons. The first-order chi connectivity index (χ1) is 13.5. The number of nitrogens with zero attached hydrogens (tertiary/aromatic N) is 2. The highest BCUT2D eigenvalue weighted by Crippen LogP contribution is 2.40. The molecule has 2 atom stereocenters. The van der Waals surface area contributed by atoms with Crippen molar-refractivity contribution in [2.75, 3.05) is 23.7 Å². The van der Waals surface area contributed by atoms with E-state index in [1.807, 2.05) is 11.8 Å². The van der Waals surface area contributed by atoms with Crippen molar-refractivity contribution in [3.63, 3.8) is 0 Å². The van der Waals surface area contributed by atoms with E-state index in [1.165, 1.54) is 0 Å². The van der Waals surface area contributed by atoms with Crippen molar-refractivity contribution < 1.29 is 16.8 Å². The molecular weight excluding hydrogens is 428 g/mol. The molecule has 0 unspecified atom stereocenters. The van der Waals surface area contributed by atoms with Crippen molar-refractivity contribution in [2.45, 2.75) is 54.8 Å². The summed E-state index contributed by atoms with van der Waals surface area (Å²) in [5.74, 6) is 0.745. The fraction of sp³-hybridized carbons (Fsp3) is 0.550. The van der Waals surface area contributed by atoms with Gasteiger partial charge in [0.05, 0.1) is 10.6 Å². The zero-order valence-electron chi connectivity index (χ0n) is 17.3. The average Bonchev–Trinajstić information content (AvgIpc) is 3.08. The van der Waals surface area contributed by atoms with Crippen LogP contribution in [0.3, 0.4) is 0 Å². The minimum absolute atomic E-state index is 0.0449. The molecule has 9 heteroatoms. The standard InChI is InChI=1S/C20H28N2O4S3/c1-5-10-28(23,24)20-21-18(29(25,26)17-8-6-14(2)7-9-17)19(27-20)22-12-15(3)11-16(4)13-22/h6-9,15-16H,5,10-13H2,1-4H3/t15-,16+. The number of hydrogen-bond acceptors (Lipinski definition) is 7. The van der Waals surface area contributed by atoms with Crippen molar-refractivity contribution in [1.82, 2.24) is 4.98 Å². The highest BCUT2D eigenvalue weighted by atomic mass is 32.2. The molecule has 0 radical (unpaired) electrons. The van der Waals surface area contributed by atoms with Gasteiger partial charge in [0.25, 0.3) is 0 Å². The molecule has 1 aromatic heterocycles. The Labute approximate surface area is 177 Å². The summed E-state index contributed by atoms with van der Waals surface area (Å²) in [6, 6.07) is 6.57. The van der Waals surface area contributed by atoms with Crippen molar-refractivity contribution in [3.8, 4) is 0 Å². The van der Waals surface area contributed by atoms with Crippen LogP contribution in [0, 0.1) is 18.8 Å². The number of sulfone groups is 2. The number of thiazole rings is 1. The van der Waals surface area contributed by atoms with Crippen molar-refractivity contribution in [3.05, 3.63) is 29.8 Å². The Hall–Kier alpha value is -1.45. The summed E-state index contributed by atoms with van der Waals surface area (Å²) >= 11 is 0.989. The van der Waals surface area contributed by atoms with E-state index in [0.29, 0.717) is 36.3 Å². The Kier molecular flexibility index (Phi) is 6.41. The van der Waals surface area contributed by atoms with Gasteiger partial charge < -0.3 is 4.90 Å². The number of piperidine rings is 1. The molecule has 2 heterocycles. The van der Waals surface area contributed by atoms with E-state index in [1.54, 1.807) is 31.2 Å². The van der Waals surface area contributed by atoms with Gasteiger partial charge in [-0.2, -0.15) is 0 Å². The SMILES string of the molecule is CCCS(=O)(=O)c1nc(S(=O)(=O)c2ccc(C)cc2)c(N2C[C@H](C)C[C@H](C)C2)s1. The first-order valence-corrected chi connectivity index (χ1v) is 13.8. The number of hydrogen-bond donors (Lipinski definition) is 0. The summed E-state index contributed by atoms with van der Waals surface area (Å²) < 4.78 is 52.0. The molecule has 0 spiro atoms. The van der Waals surface area contributed by atoms with Gasteiger partial charge in [-0.1, -0.05) is 49.8 Å². The number of aromatic nitrogens is 1. The molecule has 1 aromatic carbocycles. The zero-order chi connectivity index (χ0) is 21.4. The third kappa shape index (κ3) is 4.67. The van der Waals surface area contributed by atoms with E-state index in [9.17, 15) is 16.8 Å². The van der Waals surface area contributed by atoms with Crippen molar-refractivity contribution >= 4 is 36.0 Å². The van der Waals surface area contributed by atoms with Gasteiger partial charge in [-0.25, -0.2) is 21.8 Å². The molecule has 1 fully saturated rings. The Morgan fingerprint density at radius 3 is 2.21 bits per heavy atom. The second kappa shape index (κ2) is 8.35. The zero-order valence-corrected chi connectivity index (χ0v) is 19.7. The number of rotatable bonds is 6. The van der Waals surface area contributed by atoms with Gasteiger partial charge in [-0.05, 0) is 43.7 Å². The maximum absolute atomic E-state index is 13.4. The Morgan fingerprint density at radius 2 is 1.66 bits per heavy atom. The minimum atomic E-state index is -3.93. The van der Waals surface area contributed by atoms with Crippen LogP contribution >= 0.6 is 11.3 Å². The maximum Gasteiger partial charge on any atom is 0.226 e. The molecule has 1 aliphatic heterocycles. The fourth-order valence-corrected chi connectivity index (χ4v) is 8.31. The molecule has 0 bridgehead atoms. The van der Waals surface area contributed by atoms with Gasteiger partial charge in [0.1, 0.15) is 5.00 Å². The van der Waals surface area contributed by atoms with Crippen molar-refractivity contribution in [2.24, 2.45) is 11.8 Å². The number of aryl methyl sites for hydroxylation is 1. The van der Waals surface area contributed by atoms with Crippen molar-refractivity contribution in [1.29, 1.82) is 0 Å². The van der Waals surface area contributed by atoms with E-state index >= 15 is 0 Å². The Balaban J connectivity index is 2.16. The fourth-order valence-electron chi connectivity index (χ4n) is 3.80. The lowest BCUT2D eigenvalue weighted by Crippen LogP contribution is -2.38. The lowest BCUT2D eigenvalue weighted by atomic mass is 9.92. The van der Waals surface area contributed by atoms with Crippen LogP contribution in [0.2, 0.25) is 0 Å². The Morgan fingerprint density at radius 1 is 1.07 bits per heavy atom. The molecule has 0 saturated carbocycles. The van der Waals surface area contributed by atoms with Gasteiger partial charge >= 0.3 is 0 Å². The van der Waals surface area contributed by atoms with Crippen LogP contribution in [0.25, 0.3) is 0 Å². The largest absolute Gasteiger partial charge is 0.360 e. The normalized spacial score (nSPS) is 20.8. The van der Waals surface area contributed by atoms with Gasteiger partial charge in [0.2, 0.25) is 24.0 Å². The maximum atomic E-state index is 13.4. The lowest BCUT2D eigenvalue weighted by Gasteiger charge is -2.35. The number of benzene rings is 1. The molecule has 1 aliphatic rings. The van der Waals surface area contributed by atoms with Crippen LogP contribution < -0.4 is 4.90 Å². The van der Waals surface area contributed by atoms with Crippen LogP contribution in [0.4, 0.5) is 5.00 Å². The van der Waals surface area contributed by atoms with Gasteiger partial charge in [0.15, 0.2) is 5.03 Å². The van der Waals surface area contributed by atoms with Gasteiger partial charge in [-0.15, -0.1) is 0 Å². The highest BCUT2D eigenvalue weighted by molar-refractivity contribution is 7.94. The third-order valence-corrected chi connectivity index (χ3v) is 10.3. The first-order valence-electron chi connectivity index (χ1n) is 9.85. The summed E-state index contributed by atoms with van der Waals surface area (Å²) in [7, 11) is -7.54. The quantitative estimate of drug-likeness (QED) is 0.654. The molecular formula is C20H28N2O4S3. The van der Waals surface area contributed by atoms with Gasteiger partial charge in [-0.3, -0.25) is 0 Å². The summed E-state index contributed by atoms with van der Waals surface area (Å²) in [6.07, 6.45) is 1.52. The van der Waals surface area contributed by atoms with Gasteiger partial charge in [0, 0.05) is 13.1 Å². The van der Waals surface area contributed by atoms with Crippen LogP contribution in [-0.4, -0.2) is 40.7 Å². The Bertz CT molecular complexity index is 1060. The van der Waals surface area contributed by atoms with Crippen LogP contribution in [0.1, 0.15) is 39.2 Å². The van der Waals surface area contributed by atoms with E-state index in [4.69, 9.17) is 0 Å². The van der Waals surface area contributed by atoms with Crippen LogP contribution in [-0.2, 0) is 19.7 Å². The van der Waals surface area contributed by atoms with E-state index < -0.39 is 19.7 Å². The van der Waals surface area contributed by atoms with Crippen LogP contribution in [0.15, 0.2) is 38.5 Å². The molecule has 0 aliphatic carbocycles. The summed E-state index contributed by atoms with van der Waals surface area (Å²) in [6.45, 7) is 9.31. The average molecular weight is 457 g/mol. The summed E-state index contributed by atoms with van der Waals surface area (Å²) in [5.41, 5.74) is 0.951. The second-order valence-corrected chi connectivity index (χ2v) is 13.2. The first kappa shape index (κ1) is 22.2. The predicted octanol–water partition coefficient (Wildman–Crippen LogP) is 3.95. The monoisotopic (exact) mass is 456 g/mol. The molecule has 1 saturated heterocycles. The smallest absolute Gasteiger partial charge is 0.226 e. The predicted molar refractivity (Wildman–Crippen MR) is 116 cm³/mol. The summed E-state index contributed by atoms with van der Waals surface area (Å²) in [4.78, 5) is 6.33. The molecule has 0 amide bonds. The summed E-state index contributed by atoms with van der Waals surface area (Å²) in [5, 5.41) is 0.306. The lowest BCUT2D eigenvalue weighted by molar-refractivity contribution is 0.357. The number of anilines is 1. The van der Waals surface area contributed by atoms with Crippen LogP contribution in [0.5, 0.6) is 0 Å². The minimum Gasteiger partial charge on any atom is -0.360 e. The molecule has 6 nitrogen and oxygen atoms in total.